The molecule has 1 heterocycles. The average Bonchev–Trinajstić information content (AvgIpc) is 1.80. The Morgan fingerprint density at radius 1 is 1.78 bits per heavy atom. The number of urea groups is 1. The summed E-state index contributed by atoms with van der Waals surface area (Å²) in [6, 6.07) is -0.138. The van der Waals surface area contributed by atoms with Crippen molar-refractivity contribution in [2.75, 3.05) is 13.6 Å². The number of carbonyl (C=O) groups excluding carboxylic acids is 1. The van der Waals surface area contributed by atoms with E-state index in [1.54, 1.807) is 7.05 Å². The highest BCUT2D eigenvalue weighted by atomic mass is 16.2. The van der Waals surface area contributed by atoms with Crippen molar-refractivity contribution in [1.82, 2.24) is 10.3 Å². The maximum Gasteiger partial charge on any atom is 0.337 e. The molecule has 4 nitrogen and oxygen atoms in total. The fourth-order valence-corrected chi connectivity index (χ4v) is 0.655. The Labute approximate surface area is 53.5 Å². The number of hydrogen-bond donors (Lipinski definition) is 1. The van der Waals surface area contributed by atoms with Gasteiger partial charge in [0.05, 0.1) is 12.3 Å². The highest BCUT2D eigenvalue weighted by Gasteiger charge is 2.11. The van der Waals surface area contributed by atoms with Crippen molar-refractivity contribution in [3.63, 3.8) is 0 Å². The van der Waals surface area contributed by atoms with Crippen molar-refractivity contribution in [1.29, 1.82) is 0 Å². The van der Waals surface area contributed by atoms with Crippen molar-refractivity contribution < 1.29 is 4.79 Å². The van der Waals surface area contributed by atoms with Crippen molar-refractivity contribution in [2.45, 2.75) is 6.92 Å². The molecular weight excluding hydrogens is 118 g/mol. The van der Waals surface area contributed by atoms with E-state index >= 15 is 0 Å². The first-order valence-electron chi connectivity index (χ1n) is 2.76. The van der Waals surface area contributed by atoms with E-state index in [1.165, 1.54) is 5.01 Å². The van der Waals surface area contributed by atoms with Gasteiger partial charge in [-0.1, -0.05) is 0 Å². The van der Waals surface area contributed by atoms with Crippen LogP contribution in [0.15, 0.2) is 5.10 Å². The summed E-state index contributed by atoms with van der Waals surface area (Å²) in [5.41, 5.74) is 0.928. The standard InChI is InChI=1S/C5H9N3O/c1-4-3-6-5(9)8(2)7-4/h3H2,1-2H3,(H,6,9). The molecule has 0 atom stereocenters. The molecule has 0 unspecified atom stereocenters. The maximum atomic E-state index is 10.6. The summed E-state index contributed by atoms with van der Waals surface area (Å²) in [7, 11) is 1.62. The fourth-order valence-electron chi connectivity index (χ4n) is 0.655. The van der Waals surface area contributed by atoms with Gasteiger partial charge in [0.15, 0.2) is 0 Å². The molecule has 50 valence electrons. The zero-order valence-electron chi connectivity index (χ0n) is 5.51. The summed E-state index contributed by atoms with van der Waals surface area (Å²) in [6.45, 7) is 2.44. The van der Waals surface area contributed by atoms with Crippen LogP contribution in [-0.2, 0) is 0 Å². The molecule has 0 aromatic rings. The van der Waals surface area contributed by atoms with Crippen molar-refractivity contribution >= 4 is 11.7 Å². The zero-order valence-corrected chi connectivity index (χ0v) is 5.51. The van der Waals surface area contributed by atoms with Crippen molar-refractivity contribution in [2.24, 2.45) is 5.10 Å². The molecule has 1 aliphatic heterocycles. The van der Waals surface area contributed by atoms with Crippen LogP contribution >= 0.6 is 0 Å². The highest BCUT2D eigenvalue weighted by molar-refractivity contribution is 5.91. The summed E-state index contributed by atoms with van der Waals surface area (Å²) in [5, 5.41) is 7.83. The largest absolute Gasteiger partial charge is 0.337 e. The van der Waals surface area contributed by atoms with Crippen molar-refractivity contribution in [3.05, 3.63) is 0 Å². The van der Waals surface area contributed by atoms with E-state index in [4.69, 9.17) is 0 Å². The van der Waals surface area contributed by atoms with Crippen LogP contribution in [0.25, 0.3) is 0 Å². The lowest BCUT2D eigenvalue weighted by Crippen LogP contribution is -2.42. The molecule has 2 amide bonds. The number of nitrogens with zero attached hydrogens (tertiary/aromatic N) is 2. The van der Waals surface area contributed by atoms with E-state index in [0.717, 1.165) is 5.71 Å². The number of hydrogen-bond acceptors (Lipinski definition) is 2. The van der Waals surface area contributed by atoms with Crippen LogP contribution in [0.5, 0.6) is 0 Å². The van der Waals surface area contributed by atoms with Gasteiger partial charge in [0, 0.05) is 7.05 Å². The normalized spacial score (nSPS) is 19.1. The Balaban J connectivity index is 2.69. The molecule has 1 N–H and O–H groups in total. The predicted octanol–water partition coefficient (Wildman–Crippen LogP) is 0.0173. The molecule has 0 fully saturated rings. The number of hydrazone groups is 1. The summed E-state index contributed by atoms with van der Waals surface area (Å²) >= 11 is 0. The summed E-state index contributed by atoms with van der Waals surface area (Å²) in [5.74, 6) is 0. The van der Waals surface area contributed by atoms with E-state index in [0.29, 0.717) is 6.54 Å². The lowest BCUT2D eigenvalue weighted by molar-refractivity contribution is 0.209. The first-order chi connectivity index (χ1) is 4.20. The van der Waals surface area contributed by atoms with Gasteiger partial charge in [-0.25, -0.2) is 9.80 Å². The average molecular weight is 127 g/mol. The van der Waals surface area contributed by atoms with Gasteiger partial charge < -0.3 is 5.32 Å². The Kier molecular flexibility index (Phi) is 1.38. The zero-order chi connectivity index (χ0) is 6.85. The summed E-state index contributed by atoms with van der Waals surface area (Å²) in [4.78, 5) is 10.6. The predicted molar refractivity (Wildman–Crippen MR) is 34.3 cm³/mol. The number of carbonyl (C=O) groups is 1. The van der Waals surface area contributed by atoms with E-state index in [-0.39, 0.29) is 6.03 Å². The molecule has 1 rings (SSSR count). The minimum absolute atomic E-state index is 0.138. The third-order valence-electron chi connectivity index (χ3n) is 1.11. The molecule has 0 saturated carbocycles. The molecule has 0 aromatic heterocycles. The minimum Gasteiger partial charge on any atom is -0.331 e. The van der Waals surface area contributed by atoms with E-state index in [1.807, 2.05) is 6.92 Å². The summed E-state index contributed by atoms with van der Waals surface area (Å²) < 4.78 is 0. The quantitative estimate of drug-likeness (QED) is 0.489. The Morgan fingerprint density at radius 3 is 2.89 bits per heavy atom. The molecule has 0 radical (unpaired) electrons. The number of rotatable bonds is 0. The molecule has 0 aliphatic carbocycles. The Bertz CT molecular complexity index is 164. The second-order valence-corrected chi connectivity index (χ2v) is 2.02. The van der Waals surface area contributed by atoms with Gasteiger partial charge in [-0.3, -0.25) is 0 Å². The first kappa shape index (κ1) is 6.07. The number of nitrogens with one attached hydrogen (secondary N) is 1. The molecule has 0 spiro atoms. The third-order valence-corrected chi connectivity index (χ3v) is 1.11. The fraction of sp³-hybridized carbons (Fsp3) is 0.600. The lowest BCUT2D eigenvalue weighted by atomic mass is 10.4. The van der Waals surface area contributed by atoms with Gasteiger partial charge in [-0.05, 0) is 6.92 Å². The highest BCUT2D eigenvalue weighted by Crippen LogP contribution is 1.92. The second-order valence-electron chi connectivity index (χ2n) is 2.02. The molecule has 4 heteroatoms. The van der Waals surface area contributed by atoms with Crippen LogP contribution in [0.1, 0.15) is 6.92 Å². The van der Waals surface area contributed by atoms with Crippen LogP contribution in [0, 0.1) is 0 Å². The molecule has 0 saturated heterocycles. The number of amides is 2. The van der Waals surface area contributed by atoms with E-state index < -0.39 is 0 Å². The van der Waals surface area contributed by atoms with Crippen LogP contribution in [-0.4, -0.2) is 30.3 Å². The smallest absolute Gasteiger partial charge is 0.331 e. The molecular formula is C5H9N3O. The van der Waals surface area contributed by atoms with Crippen LogP contribution in [0.3, 0.4) is 0 Å². The van der Waals surface area contributed by atoms with Gasteiger partial charge in [0.2, 0.25) is 0 Å². The van der Waals surface area contributed by atoms with Crippen molar-refractivity contribution in [3.8, 4) is 0 Å². The second kappa shape index (κ2) is 2.05. The third kappa shape index (κ3) is 1.19. The van der Waals surface area contributed by atoms with Gasteiger partial charge in [-0.2, -0.15) is 5.10 Å². The molecule has 1 aliphatic rings. The monoisotopic (exact) mass is 127 g/mol. The Morgan fingerprint density at radius 2 is 2.44 bits per heavy atom. The molecule has 9 heavy (non-hydrogen) atoms. The molecule has 0 bridgehead atoms. The summed E-state index contributed by atoms with van der Waals surface area (Å²) in [6.07, 6.45) is 0. The van der Waals surface area contributed by atoms with E-state index in [2.05, 4.69) is 10.4 Å². The van der Waals surface area contributed by atoms with Gasteiger partial charge in [0.1, 0.15) is 0 Å². The topological polar surface area (TPSA) is 44.7 Å². The lowest BCUT2D eigenvalue weighted by Gasteiger charge is -2.18. The van der Waals surface area contributed by atoms with Gasteiger partial charge in [-0.15, -0.1) is 0 Å². The molecule has 0 aromatic carbocycles. The van der Waals surface area contributed by atoms with Crippen LogP contribution < -0.4 is 5.32 Å². The SMILES string of the molecule is CC1=NN(C)C(=O)NC1. The van der Waals surface area contributed by atoms with E-state index in [9.17, 15) is 4.79 Å². The van der Waals surface area contributed by atoms with Crippen LogP contribution in [0.4, 0.5) is 4.79 Å². The maximum absolute atomic E-state index is 10.6. The van der Waals surface area contributed by atoms with Crippen LogP contribution in [0.2, 0.25) is 0 Å². The minimum atomic E-state index is -0.138. The van der Waals surface area contributed by atoms with Gasteiger partial charge >= 0.3 is 6.03 Å². The first-order valence-corrected chi connectivity index (χ1v) is 2.76. The van der Waals surface area contributed by atoms with Gasteiger partial charge in [0.25, 0.3) is 0 Å². The Hall–Kier alpha value is -1.06.